The molecule has 2 N–H and O–H groups in total. The fraction of sp³-hybridized carbons (Fsp3) is 0.485. The van der Waals surface area contributed by atoms with Crippen LogP contribution in [0.5, 0.6) is 11.5 Å². The summed E-state index contributed by atoms with van der Waals surface area (Å²) in [6.45, 7) is 8.05. The summed E-state index contributed by atoms with van der Waals surface area (Å²) in [5.41, 5.74) is 3.12. The Bertz CT molecular complexity index is 1410. The molecule has 0 aliphatic heterocycles. The zero-order valence-electron chi connectivity index (χ0n) is 24.9. The second kappa shape index (κ2) is 11.2. The molecule has 8 heteroatoms. The maximum Gasteiger partial charge on any atom is 0.330 e. The molecule has 0 saturated heterocycles. The molecule has 4 saturated carbocycles. The van der Waals surface area contributed by atoms with Crippen molar-refractivity contribution in [1.29, 1.82) is 0 Å². The van der Waals surface area contributed by atoms with Gasteiger partial charge in [0.05, 0.1) is 31.2 Å². The third kappa shape index (κ3) is 4.67. The number of nitrogens with zero attached hydrogens (tertiary/aromatic N) is 2. The van der Waals surface area contributed by atoms with Crippen LogP contribution in [0, 0.1) is 37.5 Å². The van der Waals surface area contributed by atoms with Crippen molar-refractivity contribution in [2.75, 3.05) is 14.2 Å². The molecule has 4 bridgehead atoms. The highest BCUT2D eigenvalue weighted by molar-refractivity contribution is 5.98. The SMILES string of the molecule is CC.COc1cccc(OC)c1-c1cc(C(=O)NC2(C(=O)O)C3CC4CC(C3)CC2C4)nn1-c1cccc(C)c1C. The quantitative estimate of drug-likeness (QED) is 0.357. The van der Waals surface area contributed by atoms with E-state index >= 15 is 0 Å². The van der Waals surface area contributed by atoms with Crippen LogP contribution in [0.25, 0.3) is 16.9 Å². The summed E-state index contributed by atoms with van der Waals surface area (Å²) in [5.74, 6) is 0.811. The molecular formula is C33H41N3O5. The van der Waals surface area contributed by atoms with E-state index in [4.69, 9.17) is 14.6 Å². The molecule has 218 valence electrons. The average molecular weight is 560 g/mol. The lowest BCUT2D eigenvalue weighted by atomic mass is 9.48. The average Bonchev–Trinajstić information content (AvgIpc) is 3.41. The molecular weight excluding hydrogens is 518 g/mol. The normalized spacial score (nSPS) is 25.7. The first-order chi connectivity index (χ1) is 19.8. The fourth-order valence-electron chi connectivity index (χ4n) is 7.71. The number of aliphatic carboxylic acids is 1. The van der Waals surface area contributed by atoms with Gasteiger partial charge in [-0.1, -0.05) is 32.0 Å². The van der Waals surface area contributed by atoms with E-state index < -0.39 is 17.4 Å². The number of carbonyl (C=O) groups excluding carboxylic acids is 1. The summed E-state index contributed by atoms with van der Waals surface area (Å²) in [7, 11) is 3.18. The lowest BCUT2D eigenvalue weighted by molar-refractivity contribution is -0.163. The molecule has 1 heterocycles. The molecule has 4 fully saturated rings. The maximum atomic E-state index is 13.9. The molecule has 8 nitrogen and oxygen atoms in total. The number of benzene rings is 2. The van der Waals surface area contributed by atoms with Crippen molar-refractivity contribution in [2.24, 2.45) is 23.7 Å². The topological polar surface area (TPSA) is 103 Å². The highest BCUT2D eigenvalue weighted by atomic mass is 16.5. The van der Waals surface area contributed by atoms with E-state index in [0.717, 1.165) is 42.5 Å². The standard InChI is InChI=1S/C31H35N3O5.C2H6/c1-17-7-5-8-24(18(17)2)34-25(28-26(38-3)9-6-10-27(28)39-4)16-23(33-34)29(35)32-31(30(36)37)21-12-19-11-20(14-21)15-22(31)13-19;1-2/h5-10,16,19-22H,11-15H2,1-4H3,(H,32,35)(H,36,37);1-2H3. The molecule has 41 heavy (non-hydrogen) atoms. The fourth-order valence-corrected chi connectivity index (χ4v) is 7.71. The number of amides is 1. The highest BCUT2D eigenvalue weighted by Gasteiger charge is 2.62. The number of ether oxygens (including phenoxy) is 2. The Morgan fingerprint density at radius 3 is 2.02 bits per heavy atom. The summed E-state index contributed by atoms with van der Waals surface area (Å²) < 4.78 is 13.1. The predicted molar refractivity (Wildman–Crippen MR) is 158 cm³/mol. The van der Waals surface area contributed by atoms with E-state index in [1.165, 1.54) is 6.42 Å². The lowest BCUT2D eigenvalue weighted by Crippen LogP contribution is -2.70. The summed E-state index contributed by atoms with van der Waals surface area (Å²) in [5, 5.41) is 18.4. The van der Waals surface area contributed by atoms with Gasteiger partial charge in [-0.2, -0.15) is 5.10 Å². The van der Waals surface area contributed by atoms with Crippen LogP contribution in [-0.4, -0.2) is 46.5 Å². The van der Waals surface area contributed by atoms with Crippen molar-refractivity contribution in [3.8, 4) is 28.4 Å². The number of carbonyl (C=O) groups is 2. The number of hydrogen-bond acceptors (Lipinski definition) is 5. The van der Waals surface area contributed by atoms with Gasteiger partial charge < -0.3 is 19.9 Å². The molecule has 1 aromatic heterocycles. The molecule has 7 rings (SSSR count). The highest BCUT2D eigenvalue weighted by Crippen LogP contribution is 2.58. The van der Waals surface area contributed by atoms with E-state index in [0.29, 0.717) is 34.6 Å². The first-order valence-electron chi connectivity index (χ1n) is 14.7. The van der Waals surface area contributed by atoms with Crippen molar-refractivity contribution in [2.45, 2.75) is 65.3 Å². The van der Waals surface area contributed by atoms with Crippen LogP contribution >= 0.6 is 0 Å². The van der Waals surface area contributed by atoms with Crippen LogP contribution in [0.1, 0.15) is 67.6 Å². The Hall–Kier alpha value is -3.81. The molecule has 1 amide bonds. The first-order valence-corrected chi connectivity index (χ1v) is 14.7. The first kappa shape index (κ1) is 28.7. The van der Waals surface area contributed by atoms with Gasteiger partial charge in [0.25, 0.3) is 5.91 Å². The number of methoxy groups -OCH3 is 2. The summed E-state index contributed by atoms with van der Waals surface area (Å²) >= 11 is 0. The molecule has 0 unspecified atom stereocenters. The minimum Gasteiger partial charge on any atom is -0.496 e. The van der Waals surface area contributed by atoms with Crippen molar-refractivity contribution < 1.29 is 24.2 Å². The second-order valence-electron chi connectivity index (χ2n) is 11.5. The third-order valence-electron chi connectivity index (χ3n) is 9.53. The Morgan fingerprint density at radius 1 is 0.927 bits per heavy atom. The van der Waals surface area contributed by atoms with Crippen LogP contribution in [0.4, 0.5) is 0 Å². The minimum absolute atomic E-state index is 0.0508. The van der Waals surface area contributed by atoms with Crippen LogP contribution in [0.15, 0.2) is 42.5 Å². The molecule has 0 spiro atoms. The van der Waals surface area contributed by atoms with E-state index in [1.54, 1.807) is 25.0 Å². The van der Waals surface area contributed by atoms with Gasteiger partial charge in [-0.15, -0.1) is 0 Å². The van der Waals surface area contributed by atoms with E-state index in [9.17, 15) is 14.7 Å². The number of rotatable bonds is 7. The molecule has 3 aromatic rings. The van der Waals surface area contributed by atoms with Crippen molar-refractivity contribution >= 4 is 11.9 Å². The number of carboxylic acid groups (broad SMARTS) is 1. The number of aromatic nitrogens is 2. The Morgan fingerprint density at radius 2 is 1.49 bits per heavy atom. The van der Waals surface area contributed by atoms with Gasteiger partial charge in [0.2, 0.25) is 0 Å². The van der Waals surface area contributed by atoms with Crippen molar-refractivity contribution in [3.05, 3.63) is 59.3 Å². The Balaban J connectivity index is 0.00000165. The molecule has 2 aromatic carbocycles. The molecule has 0 radical (unpaired) electrons. The minimum atomic E-state index is -1.25. The smallest absolute Gasteiger partial charge is 0.330 e. The number of hydrogen-bond donors (Lipinski definition) is 2. The van der Waals surface area contributed by atoms with E-state index in [2.05, 4.69) is 5.32 Å². The van der Waals surface area contributed by atoms with Crippen molar-refractivity contribution in [3.63, 3.8) is 0 Å². The molecule has 4 aliphatic rings. The van der Waals surface area contributed by atoms with Gasteiger partial charge in [0.1, 0.15) is 17.0 Å². The Kier molecular flexibility index (Phi) is 7.86. The lowest BCUT2D eigenvalue weighted by Gasteiger charge is -2.59. The van der Waals surface area contributed by atoms with Gasteiger partial charge in [-0.25, -0.2) is 9.48 Å². The van der Waals surface area contributed by atoms with Gasteiger partial charge in [0, 0.05) is 0 Å². The number of carboxylic acids is 1. The van der Waals surface area contributed by atoms with E-state index in [1.807, 2.05) is 64.1 Å². The van der Waals surface area contributed by atoms with Gasteiger partial charge in [-0.3, -0.25) is 4.79 Å². The number of nitrogens with one attached hydrogen (secondary N) is 1. The maximum absolute atomic E-state index is 13.9. The van der Waals surface area contributed by atoms with Gasteiger partial charge in [-0.05, 0) is 105 Å². The number of aryl methyl sites for hydroxylation is 1. The molecule has 0 atom stereocenters. The second-order valence-corrected chi connectivity index (χ2v) is 11.5. The largest absolute Gasteiger partial charge is 0.496 e. The van der Waals surface area contributed by atoms with Gasteiger partial charge >= 0.3 is 5.97 Å². The Labute approximate surface area is 242 Å². The molecule has 4 aliphatic carbocycles. The summed E-state index contributed by atoms with van der Waals surface area (Å²) in [4.78, 5) is 26.8. The monoisotopic (exact) mass is 559 g/mol. The van der Waals surface area contributed by atoms with Crippen LogP contribution in [0.3, 0.4) is 0 Å². The van der Waals surface area contributed by atoms with Crippen LogP contribution in [0.2, 0.25) is 0 Å². The van der Waals surface area contributed by atoms with Crippen molar-refractivity contribution in [1.82, 2.24) is 15.1 Å². The van der Waals surface area contributed by atoms with E-state index in [-0.39, 0.29) is 17.5 Å². The zero-order valence-corrected chi connectivity index (χ0v) is 24.9. The summed E-state index contributed by atoms with van der Waals surface area (Å²) in [6, 6.07) is 13.2. The van der Waals surface area contributed by atoms with Crippen LogP contribution < -0.4 is 14.8 Å². The predicted octanol–water partition coefficient (Wildman–Crippen LogP) is 6.21. The zero-order chi connectivity index (χ0) is 29.5. The van der Waals surface area contributed by atoms with Gasteiger partial charge in [0.15, 0.2) is 5.69 Å². The third-order valence-corrected chi connectivity index (χ3v) is 9.53. The van der Waals surface area contributed by atoms with Crippen LogP contribution in [-0.2, 0) is 4.79 Å². The summed E-state index contributed by atoms with van der Waals surface area (Å²) in [6.07, 6.45) is 4.64.